The number of hydrazine groups is 1. The van der Waals surface area contributed by atoms with Crippen LogP contribution in [0.25, 0.3) is 0 Å². The zero-order chi connectivity index (χ0) is 21.9. The molecule has 0 aromatic heterocycles. The largest absolute Gasteiger partial charge is 0.453 e. The Labute approximate surface area is 188 Å². The molecule has 0 unspecified atom stereocenters. The van der Waals surface area contributed by atoms with Crippen molar-refractivity contribution in [1.29, 1.82) is 0 Å². The quantitative estimate of drug-likeness (QED) is 0.213. The fourth-order valence-electron chi connectivity index (χ4n) is 3.97. The van der Waals surface area contributed by atoms with E-state index in [0.717, 1.165) is 45.5 Å². The van der Waals surface area contributed by atoms with Gasteiger partial charge in [-0.2, -0.15) is 0 Å². The molecule has 158 valence electrons. The second-order valence-corrected chi connectivity index (χ2v) is 7.56. The lowest BCUT2D eigenvalue weighted by Gasteiger charge is -2.33. The average molecular weight is 421 g/mol. The fourth-order valence-corrected chi connectivity index (χ4v) is 3.97. The zero-order valence-corrected chi connectivity index (χ0v) is 17.8. The molecule has 0 spiro atoms. The monoisotopic (exact) mass is 420 g/mol. The van der Waals surface area contributed by atoms with Gasteiger partial charge in [-0.1, -0.05) is 54.6 Å². The Hall–Kier alpha value is -4.09. The minimum atomic E-state index is 0.500. The van der Waals surface area contributed by atoms with Crippen LogP contribution in [0.5, 0.6) is 11.5 Å². The highest BCUT2D eigenvalue weighted by Crippen LogP contribution is 2.50. The summed E-state index contributed by atoms with van der Waals surface area (Å²) in [5.74, 6) is 8.00. The third-order valence-corrected chi connectivity index (χ3v) is 5.55. The number of nitrogens with two attached hydrogens (primary N) is 1. The summed E-state index contributed by atoms with van der Waals surface area (Å²) in [6.45, 7) is 0.500. The highest BCUT2D eigenvalue weighted by molar-refractivity contribution is 6.04. The Morgan fingerprint density at radius 3 is 2.09 bits per heavy atom. The summed E-state index contributed by atoms with van der Waals surface area (Å²) in [7, 11) is 1.81. The minimum absolute atomic E-state index is 0.500. The Bertz CT molecular complexity index is 1220. The number of aliphatic imine (C=N–C) groups is 1. The second-order valence-electron chi connectivity index (χ2n) is 7.56. The van der Waals surface area contributed by atoms with E-state index in [1.807, 2.05) is 66.7 Å². The molecule has 0 aliphatic carbocycles. The first kappa shape index (κ1) is 19.8. The van der Waals surface area contributed by atoms with Crippen molar-refractivity contribution in [2.24, 2.45) is 10.8 Å². The Morgan fingerprint density at radius 1 is 0.812 bits per heavy atom. The maximum absolute atomic E-state index is 6.34. The Balaban J connectivity index is 1.52. The molecule has 2 N–H and O–H groups in total. The van der Waals surface area contributed by atoms with Gasteiger partial charge in [-0.15, -0.1) is 0 Å². The van der Waals surface area contributed by atoms with Crippen LogP contribution in [0, 0.1) is 0 Å². The first-order chi connectivity index (χ1) is 15.7. The third-order valence-electron chi connectivity index (χ3n) is 5.55. The van der Waals surface area contributed by atoms with Gasteiger partial charge in [-0.3, -0.25) is 4.99 Å². The summed E-state index contributed by atoms with van der Waals surface area (Å²) in [4.78, 5) is 6.77. The standard InChI is InChI=1S/C27H24N4O/c1-29-23(19-30(28)21-11-3-2-4-12-21)20-10-9-13-22(18-20)31-24-14-5-7-16-26(24)32-27-17-8-6-15-25(27)31/h2-18H,19,28H2,1H3. The summed E-state index contributed by atoms with van der Waals surface area (Å²) in [5, 5.41) is 1.72. The van der Waals surface area contributed by atoms with Gasteiger partial charge in [0.2, 0.25) is 0 Å². The summed E-state index contributed by atoms with van der Waals surface area (Å²) >= 11 is 0. The Kier molecular flexibility index (Phi) is 5.32. The molecule has 1 aliphatic rings. The number of benzene rings is 4. The van der Waals surface area contributed by atoms with Crippen molar-refractivity contribution in [2.45, 2.75) is 0 Å². The molecule has 0 atom stereocenters. The fraction of sp³-hybridized carbons (Fsp3) is 0.0741. The molecule has 0 fully saturated rings. The molecule has 32 heavy (non-hydrogen) atoms. The molecule has 5 heteroatoms. The first-order valence-electron chi connectivity index (χ1n) is 10.5. The molecule has 0 radical (unpaired) electrons. The second kappa shape index (κ2) is 8.57. The number of hydrogen-bond donors (Lipinski definition) is 1. The predicted molar refractivity (Wildman–Crippen MR) is 132 cm³/mol. The molecule has 1 heterocycles. The van der Waals surface area contributed by atoms with Gasteiger partial charge in [0.25, 0.3) is 0 Å². The van der Waals surface area contributed by atoms with Gasteiger partial charge < -0.3 is 14.6 Å². The van der Waals surface area contributed by atoms with Crippen molar-refractivity contribution in [1.82, 2.24) is 0 Å². The van der Waals surface area contributed by atoms with Gasteiger partial charge in [0.1, 0.15) is 0 Å². The molecule has 1 aliphatic heterocycles. The first-order valence-corrected chi connectivity index (χ1v) is 10.5. The van der Waals surface area contributed by atoms with Crippen LogP contribution in [-0.4, -0.2) is 19.3 Å². The summed E-state index contributed by atoms with van der Waals surface area (Å²) in [6.07, 6.45) is 0. The summed E-state index contributed by atoms with van der Waals surface area (Å²) in [5.41, 5.74) is 5.92. The van der Waals surface area contributed by atoms with Gasteiger partial charge in [0, 0.05) is 12.7 Å². The van der Waals surface area contributed by atoms with E-state index in [2.05, 4.69) is 46.3 Å². The molecule has 0 saturated heterocycles. The van der Waals surface area contributed by atoms with E-state index in [0.29, 0.717) is 6.54 Å². The zero-order valence-electron chi connectivity index (χ0n) is 17.8. The maximum Gasteiger partial charge on any atom is 0.151 e. The maximum atomic E-state index is 6.34. The topological polar surface area (TPSA) is 54.1 Å². The van der Waals surface area contributed by atoms with Crippen molar-refractivity contribution in [3.8, 4) is 11.5 Å². The molecule has 0 amide bonds. The number of hydrogen-bond acceptors (Lipinski definition) is 5. The highest BCUT2D eigenvalue weighted by atomic mass is 16.5. The SMILES string of the molecule is CN=C(CN(N)c1ccccc1)c1cccc(N2c3ccccc3Oc3ccccc32)c1. The molecular formula is C27H24N4O. The molecule has 4 aromatic carbocycles. The molecule has 0 saturated carbocycles. The van der Waals surface area contributed by atoms with Crippen LogP contribution in [0.2, 0.25) is 0 Å². The van der Waals surface area contributed by atoms with Gasteiger partial charge in [0.15, 0.2) is 11.5 Å². The highest BCUT2D eigenvalue weighted by Gasteiger charge is 2.25. The van der Waals surface area contributed by atoms with Crippen LogP contribution in [0.4, 0.5) is 22.7 Å². The van der Waals surface area contributed by atoms with Gasteiger partial charge in [0.05, 0.1) is 29.3 Å². The minimum Gasteiger partial charge on any atom is -0.453 e. The van der Waals surface area contributed by atoms with Gasteiger partial charge >= 0.3 is 0 Å². The number of fused-ring (bicyclic) bond motifs is 2. The van der Waals surface area contributed by atoms with E-state index in [9.17, 15) is 0 Å². The molecule has 0 bridgehead atoms. The third kappa shape index (κ3) is 3.70. The van der Waals surface area contributed by atoms with Crippen molar-refractivity contribution in [2.75, 3.05) is 23.5 Å². The van der Waals surface area contributed by atoms with E-state index in [4.69, 9.17) is 10.6 Å². The molecule has 4 aromatic rings. The summed E-state index contributed by atoms with van der Waals surface area (Å²) < 4.78 is 6.14. The lowest BCUT2D eigenvalue weighted by Crippen LogP contribution is -2.36. The average Bonchev–Trinajstić information content (AvgIpc) is 2.86. The lowest BCUT2D eigenvalue weighted by atomic mass is 10.1. The van der Waals surface area contributed by atoms with Crippen LogP contribution in [0.15, 0.2) is 108 Å². The van der Waals surface area contributed by atoms with E-state index < -0.39 is 0 Å². The molecule has 5 rings (SSSR count). The molecular weight excluding hydrogens is 396 g/mol. The number of rotatable bonds is 5. The number of nitrogens with zero attached hydrogens (tertiary/aromatic N) is 3. The van der Waals surface area contributed by atoms with E-state index in [1.54, 1.807) is 12.1 Å². The van der Waals surface area contributed by atoms with Crippen molar-refractivity contribution in [3.05, 3.63) is 109 Å². The smallest absolute Gasteiger partial charge is 0.151 e. The van der Waals surface area contributed by atoms with Crippen molar-refractivity contribution in [3.63, 3.8) is 0 Å². The van der Waals surface area contributed by atoms with Crippen LogP contribution in [0.1, 0.15) is 5.56 Å². The summed E-state index contributed by atoms with van der Waals surface area (Å²) in [6, 6.07) is 34.5. The predicted octanol–water partition coefficient (Wildman–Crippen LogP) is 6.06. The van der Waals surface area contributed by atoms with Crippen LogP contribution >= 0.6 is 0 Å². The van der Waals surface area contributed by atoms with E-state index >= 15 is 0 Å². The van der Waals surface area contributed by atoms with Gasteiger partial charge in [-0.25, -0.2) is 5.84 Å². The van der Waals surface area contributed by atoms with Crippen molar-refractivity contribution < 1.29 is 4.74 Å². The normalized spacial score (nSPS) is 12.6. The van der Waals surface area contributed by atoms with Crippen LogP contribution in [0.3, 0.4) is 0 Å². The Morgan fingerprint density at radius 2 is 1.44 bits per heavy atom. The number of para-hydroxylation sites is 5. The van der Waals surface area contributed by atoms with E-state index in [1.165, 1.54) is 0 Å². The number of anilines is 4. The molecule has 5 nitrogen and oxygen atoms in total. The van der Waals surface area contributed by atoms with E-state index in [-0.39, 0.29) is 0 Å². The van der Waals surface area contributed by atoms with Crippen LogP contribution < -0.4 is 20.5 Å². The number of ether oxygens (including phenoxy) is 1. The van der Waals surface area contributed by atoms with Crippen molar-refractivity contribution >= 4 is 28.5 Å². The lowest BCUT2D eigenvalue weighted by molar-refractivity contribution is 0.477. The van der Waals surface area contributed by atoms with Crippen LogP contribution in [-0.2, 0) is 0 Å². The van der Waals surface area contributed by atoms with Gasteiger partial charge in [-0.05, 0) is 54.1 Å².